The van der Waals surface area contributed by atoms with E-state index in [4.69, 9.17) is 0 Å². The van der Waals surface area contributed by atoms with E-state index in [-0.39, 0.29) is 23.6 Å². The molecular weight excluding hydrogens is 492 g/mol. The first-order valence-electron chi connectivity index (χ1n) is 14.4. The summed E-state index contributed by atoms with van der Waals surface area (Å²) in [6, 6.07) is 14.4. The number of benzene rings is 2. The molecule has 2 heterocycles. The first kappa shape index (κ1) is 28.3. The number of carbonyl (C=O) groups excluding carboxylic acids is 4. The molecule has 2 N–H and O–H groups in total. The van der Waals surface area contributed by atoms with Crippen LogP contribution in [0.2, 0.25) is 0 Å². The number of para-hydroxylation sites is 2. The van der Waals surface area contributed by atoms with Crippen molar-refractivity contribution in [2.24, 2.45) is 0 Å². The van der Waals surface area contributed by atoms with Gasteiger partial charge in [-0.1, -0.05) is 43.5 Å². The van der Waals surface area contributed by atoms with Gasteiger partial charge in [0, 0.05) is 39.0 Å². The van der Waals surface area contributed by atoms with Crippen LogP contribution in [0.4, 0.5) is 11.4 Å². The Hall–Kier alpha value is -3.68. The molecule has 0 unspecified atom stereocenters. The number of anilines is 2. The van der Waals surface area contributed by atoms with Crippen LogP contribution in [-0.2, 0) is 9.59 Å². The Morgan fingerprint density at radius 1 is 0.538 bits per heavy atom. The molecule has 2 aromatic rings. The van der Waals surface area contributed by atoms with Gasteiger partial charge in [0.1, 0.15) is 0 Å². The predicted octanol–water partition coefficient (Wildman–Crippen LogP) is 5.47. The van der Waals surface area contributed by atoms with Crippen molar-refractivity contribution >= 4 is 35.0 Å². The van der Waals surface area contributed by atoms with Crippen LogP contribution in [0.5, 0.6) is 0 Å². The normalized spacial score (nSPS) is 14.9. The Kier molecular flexibility index (Phi) is 10.5. The summed E-state index contributed by atoms with van der Waals surface area (Å²) >= 11 is 0. The van der Waals surface area contributed by atoms with E-state index in [1.54, 1.807) is 24.3 Å². The number of carbonyl (C=O) groups is 4. The maximum absolute atomic E-state index is 12.8. The molecule has 4 amide bonds. The number of nitrogens with one attached hydrogen (secondary N) is 2. The second-order valence-corrected chi connectivity index (χ2v) is 10.5. The minimum atomic E-state index is -0.0850. The molecule has 0 spiro atoms. The first-order valence-corrected chi connectivity index (χ1v) is 14.4. The van der Waals surface area contributed by atoms with Crippen LogP contribution in [0.15, 0.2) is 48.5 Å². The third-order valence-corrected chi connectivity index (χ3v) is 7.46. The molecule has 0 saturated carbocycles. The summed E-state index contributed by atoms with van der Waals surface area (Å²) < 4.78 is 0. The van der Waals surface area contributed by atoms with Gasteiger partial charge in [0.15, 0.2) is 0 Å². The third-order valence-electron chi connectivity index (χ3n) is 7.46. The molecule has 2 aliphatic heterocycles. The Bertz CT molecular complexity index is 1060. The Morgan fingerprint density at radius 3 is 1.31 bits per heavy atom. The largest absolute Gasteiger partial charge is 0.339 e. The number of nitrogens with zero attached hydrogens (tertiary/aromatic N) is 2. The van der Waals surface area contributed by atoms with Crippen LogP contribution in [0, 0.1) is 0 Å². The van der Waals surface area contributed by atoms with Crippen LogP contribution < -0.4 is 10.6 Å². The van der Waals surface area contributed by atoms with Crippen molar-refractivity contribution in [1.29, 1.82) is 0 Å². The summed E-state index contributed by atoms with van der Waals surface area (Å²) in [5.41, 5.74) is 2.26. The number of rotatable bonds is 12. The second kappa shape index (κ2) is 14.5. The average Bonchev–Trinajstić information content (AvgIpc) is 3.68. The van der Waals surface area contributed by atoms with E-state index in [2.05, 4.69) is 10.6 Å². The van der Waals surface area contributed by atoms with Gasteiger partial charge in [-0.05, 0) is 62.8 Å². The van der Waals surface area contributed by atoms with Crippen LogP contribution in [0.1, 0.15) is 91.3 Å². The van der Waals surface area contributed by atoms with Crippen molar-refractivity contribution in [2.45, 2.75) is 70.6 Å². The van der Waals surface area contributed by atoms with E-state index in [0.717, 1.165) is 84.0 Å². The fraction of sp³-hybridized carbons (Fsp3) is 0.484. The van der Waals surface area contributed by atoms with Gasteiger partial charge in [0.05, 0.1) is 22.5 Å². The maximum atomic E-state index is 12.8. The highest BCUT2D eigenvalue weighted by atomic mass is 16.2. The van der Waals surface area contributed by atoms with E-state index in [9.17, 15) is 19.2 Å². The molecule has 0 radical (unpaired) electrons. The number of unbranched alkanes of at least 4 members (excludes halogenated alkanes) is 4. The maximum Gasteiger partial charge on any atom is 0.255 e. The highest BCUT2D eigenvalue weighted by Crippen LogP contribution is 2.22. The summed E-state index contributed by atoms with van der Waals surface area (Å²) in [6.07, 6.45) is 9.15. The summed E-state index contributed by atoms with van der Waals surface area (Å²) in [4.78, 5) is 54.3. The highest BCUT2D eigenvalue weighted by Gasteiger charge is 2.23. The number of hydrogen-bond acceptors (Lipinski definition) is 4. The van der Waals surface area contributed by atoms with Gasteiger partial charge in [0.2, 0.25) is 11.8 Å². The van der Waals surface area contributed by atoms with Crippen molar-refractivity contribution in [3.8, 4) is 0 Å². The lowest BCUT2D eigenvalue weighted by Crippen LogP contribution is -2.28. The molecule has 8 nitrogen and oxygen atoms in total. The van der Waals surface area contributed by atoms with E-state index < -0.39 is 0 Å². The minimum Gasteiger partial charge on any atom is -0.339 e. The minimum absolute atomic E-state index is 0.0193. The highest BCUT2D eigenvalue weighted by molar-refractivity contribution is 6.04. The Labute approximate surface area is 231 Å². The van der Waals surface area contributed by atoms with Gasteiger partial charge in [-0.15, -0.1) is 0 Å². The third kappa shape index (κ3) is 8.15. The Morgan fingerprint density at radius 2 is 0.897 bits per heavy atom. The molecule has 0 aliphatic carbocycles. The zero-order valence-corrected chi connectivity index (χ0v) is 22.8. The zero-order chi connectivity index (χ0) is 27.5. The molecule has 2 aromatic carbocycles. The summed E-state index contributed by atoms with van der Waals surface area (Å²) in [5, 5.41) is 5.84. The van der Waals surface area contributed by atoms with Gasteiger partial charge < -0.3 is 20.4 Å². The molecular formula is C31H40N4O4. The van der Waals surface area contributed by atoms with Gasteiger partial charge in [-0.25, -0.2) is 0 Å². The molecule has 208 valence electrons. The molecule has 2 aliphatic rings. The quantitative estimate of drug-likeness (QED) is 0.354. The fourth-order valence-electron chi connectivity index (χ4n) is 5.27. The monoisotopic (exact) mass is 532 g/mol. The number of hydrogen-bond donors (Lipinski definition) is 2. The van der Waals surface area contributed by atoms with Crippen LogP contribution in [-0.4, -0.2) is 59.6 Å². The van der Waals surface area contributed by atoms with Crippen LogP contribution in [0.3, 0.4) is 0 Å². The van der Waals surface area contributed by atoms with Gasteiger partial charge in [0.25, 0.3) is 11.8 Å². The van der Waals surface area contributed by atoms with Crippen molar-refractivity contribution in [2.75, 3.05) is 36.8 Å². The fourth-order valence-corrected chi connectivity index (χ4v) is 5.27. The standard InChI is InChI=1S/C31H40N4O4/c36-28(32-26-16-8-6-14-24(26)30(38)34-20-10-11-21-34)18-4-2-1-3-5-19-29(37)33-27-17-9-7-15-25(27)31(39)35-22-12-13-23-35/h6-9,14-17H,1-5,10-13,18-23H2,(H,32,36)(H,33,37). The van der Waals surface area contributed by atoms with Crippen molar-refractivity contribution < 1.29 is 19.2 Å². The summed E-state index contributed by atoms with van der Waals surface area (Å²) in [6.45, 7) is 3.09. The van der Waals surface area contributed by atoms with Crippen molar-refractivity contribution in [3.63, 3.8) is 0 Å². The molecule has 39 heavy (non-hydrogen) atoms. The lowest BCUT2D eigenvalue weighted by molar-refractivity contribution is -0.117. The van der Waals surface area contributed by atoms with Crippen LogP contribution >= 0.6 is 0 Å². The van der Waals surface area contributed by atoms with E-state index in [1.807, 2.05) is 34.1 Å². The molecule has 4 rings (SSSR count). The molecule has 2 fully saturated rings. The molecule has 0 atom stereocenters. The van der Waals surface area contributed by atoms with Crippen molar-refractivity contribution in [1.82, 2.24) is 9.80 Å². The SMILES string of the molecule is O=C(CCCCCCCC(=O)Nc1ccccc1C(=O)N1CCCC1)Nc1ccccc1C(=O)N1CCCC1. The Balaban J connectivity index is 1.12. The lowest BCUT2D eigenvalue weighted by Gasteiger charge is -2.18. The van der Waals surface area contributed by atoms with Crippen molar-refractivity contribution in [3.05, 3.63) is 59.7 Å². The topological polar surface area (TPSA) is 98.8 Å². The molecule has 0 bridgehead atoms. The zero-order valence-electron chi connectivity index (χ0n) is 22.8. The summed E-state index contributed by atoms with van der Waals surface area (Å²) in [7, 11) is 0. The van der Waals surface area contributed by atoms with Gasteiger partial charge in [-0.3, -0.25) is 19.2 Å². The molecule has 0 aromatic heterocycles. The molecule has 2 saturated heterocycles. The molecule has 8 heteroatoms. The lowest BCUT2D eigenvalue weighted by atomic mass is 10.1. The van der Waals surface area contributed by atoms with E-state index in [0.29, 0.717) is 35.3 Å². The predicted molar refractivity (Wildman–Crippen MR) is 153 cm³/mol. The van der Waals surface area contributed by atoms with Gasteiger partial charge >= 0.3 is 0 Å². The van der Waals surface area contributed by atoms with Crippen LogP contribution in [0.25, 0.3) is 0 Å². The van der Waals surface area contributed by atoms with E-state index in [1.165, 1.54) is 0 Å². The van der Waals surface area contributed by atoms with Gasteiger partial charge in [-0.2, -0.15) is 0 Å². The number of likely N-dealkylation sites (tertiary alicyclic amines) is 2. The average molecular weight is 533 g/mol. The number of amides is 4. The van der Waals surface area contributed by atoms with E-state index >= 15 is 0 Å². The summed E-state index contributed by atoms with van der Waals surface area (Å²) in [5.74, 6) is -0.209. The smallest absolute Gasteiger partial charge is 0.255 e. The first-order chi connectivity index (χ1) is 19.0. The second-order valence-electron chi connectivity index (χ2n) is 10.5.